The molecule has 158 valence electrons. The Kier molecular flexibility index (Phi) is 7.60. The summed E-state index contributed by atoms with van der Waals surface area (Å²) in [5.41, 5.74) is 3.22. The Hall–Kier alpha value is -3.86. The normalized spacial score (nSPS) is 11.7. The van der Waals surface area contributed by atoms with E-state index in [1.54, 1.807) is 18.2 Å². The van der Waals surface area contributed by atoms with Crippen LogP contribution in [0.2, 0.25) is 0 Å². The van der Waals surface area contributed by atoms with Crippen LogP contribution in [0.4, 0.5) is 0 Å². The fraction of sp³-hybridized carbons (Fsp3) is 0.154. The Labute approximate surface area is 182 Å². The van der Waals surface area contributed by atoms with E-state index >= 15 is 0 Å². The summed E-state index contributed by atoms with van der Waals surface area (Å²) < 4.78 is 10.2. The Balaban J connectivity index is 1.94. The number of hydrogen-bond acceptors (Lipinski definition) is 4. The third kappa shape index (κ3) is 6.06. The molecule has 5 heteroatoms. The number of carbonyl (C=O) groups excluding carboxylic acids is 2. The van der Waals surface area contributed by atoms with E-state index in [-0.39, 0.29) is 11.9 Å². The number of carbonyl (C=O) groups is 2. The second kappa shape index (κ2) is 10.8. The first-order chi connectivity index (χ1) is 15.1. The van der Waals surface area contributed by atoms with Gasteiger partial charge in [-0.1, -0.05) is 48.5 Å². The van der Waals surface area contributed by atoms with Crippen molar-refractivity contribution >= 4 is 18.0 Å². The number of rotatable bonds is 8. The molecule has 0 aliphatic carbocycles. The molecule has 5 nitrogen and oxygen atoms in total. The molecule has 0 aliphatic rings. The van der Waals surface area contributed by atoms with Crippen molar-refractivity contribution in [3.63, 3.8) is 0 Å². The summed E-state index contributed by atoms with van der Waals surface area (Å²) in [6, 6.07) is 24.0. The number of benzene rings is 3. The molecule has 0 saturated carbocycles. The molecule has 3 rings (SSSR count). The fourth-order valence-corrected chi connectivity index (χ4v) is 3.16. The van der Waals surface area contributed by atoms with Crippen molar-refractivity contribution in [2.45, 2.75) is 13.0 Å². The molecule has 1 atom stereocenters. The molecule has 31 heavy (non-hydrogen) atoms. The van der Waals surface area contributed by atoms with Gasteiger partial charge >= 0.3 is 5.97 Å². The molecule has 0 radical (unpaired) electrons. The van der Waals surface area contributed by atoms with Crippen LogP contribution in [0.1, 0.15) is 40.0 Å². The van der Waals surface area contributed by atoms with Gasteiger partial charge in [0.15, 0.2) is 0 Å². The van der Waals surface area contributed by atoms with Crippen LogP contribution in [0.3, 0.4) is 0 Å². The second-order valence-corrected chi connectivity index (χ2v) is 6.80. The fourth-order valence-electron chi connectivity index (χ4n) is 3.16. The molecule has 0 aliphatic heterocycles. The van der Waals surface area contributed by atoms with Crippen LogP contribution in [-0.2, 0) is 9.53 Å². The molecular formula is C26H25NO4. The molecule has 0 aromatic heterocycles. The van der Waals surface area contributed by atoms with Gasteiger partial charge in [0.05, 0.1) is 19.8 Å². The SMILES string of the molecule is CCOc1ccc(C(NC(=O)c2ccccc2)c2cccc(/C=C/C(=O)OC)c2)cc1. The van der Waals surface area contributed by atoms with Crippen molar-refractivity contribution in [2.75, 3.05) is 13.7 Å². The summed E-state index contributed by atoms with van der Waals surface area (Å²) in [6.07, 6.45) is 3.05. The average Bonchev–Trinajstić information content (AvgIpc) is 2.82. The number of esters is 1. The van der Waals surface area contributed by atoms with E-state index in [0.717, 1.165) is 22.4 Å². The van der Waals surface area contributed by atoms with Gasteiger partial charge in [-0.25, -0.2) is 4.79 Å². The van der Waals surface area contributed by atoms with Gasteiger partial charge in [-0.05, 0) is 60.0 Å². The standard InChI is InChI=1S/C26H25NO4/c1-3-31-23-15-13-20(14-16-23)25(27-26(29)21-9-5-4-6-10-21)22-11-7-8-19(18-22)12-17-24(28)30-2/h4-18,25H,3H2,1-2H3,(H,27,29)/b17-12+. The van der Waals surface area contributed by atoms with Crippen LogP contribution in [-0.4, -0.2) is 25.6 Å². The largest absolute Gasteiger partial charge is 0.494 e. The Morgan fingerprint density at radius 3 is 2.35 bits per heavy atom. The lowest BCUT2D eigenvalue weighted by Gasteiger charge is -2.21. The van der Waals surface area contributed by atoms with Crippen LogP contribution in [0.25, 0.3) is 6.08 Å². The summed E-state index contributed by atoms with van der Waals surface area (Å²) in [5, 5.41) is 3.13. The third-order valence-electron chi connectivity index (χ3n) is 4.69. The number of methoxy groups -OCH3 is 1. The maximum atomic E-state index is 12.9. The molecular weight excluding hydrogens is 390 g/mol. The molecule has 0 bridgehead atoms. The molecule has 1 N–H and O–H groups in total. The van der Waals surface area contributed by atoms with E-state index < -0.39 is 5.97 Å². The summed E-state index contributed by atoms with van der Waals surface area (Å²) in [6.45, 7) is 2.52. The van der Waals surface area contributed by atoms with E-state index in [1.807, 2.05) is 73.7 Å². The summed E-state index contributed by atoms with van der Waals surface area (Å²) in [7, 11) is 1.34. The topological polar surface area (TPSA) is 64.6 Å². The zero-order valence-electron chi connectivity index (χ0n) is 17.6. The average molecular weight is 415 g/mol. The van der Waals surface area contributed by atoms with Crippen molar-refractivity contribution < 1.29 is 19.1 Å². The number of amides is 1. The van der Waals surface area contributed by atoms with Crippen molar-refractivity contribution in [1.29, 1.82) is 0 Å². The molecule has 1 unspecified atom stereocenters. The predicted molar refractivity (Wildman–Crippen MR) is 121 cm³/mol. The highest BCUT2D eigenvalue weighted by atomic mass is 16.5. The minimum absolute atomic E-state index is 0.171. The molecule has 1 amide bonds. The van der Waals surface area contributed by atoms with Gasteiger partial charge in [0.25, 0.3) is 5.91 Å². The molecule has 0 heterocycles. The maximum absolute atomic E-state index is 12.9. The van der Waals surface area contributed by atoms with Gasteiger partial charge in [-0.2, -0.15) is 0 Å². The van der Waals surface area contributed by atoms with Gasteiger partial charge in [-0.15, -0.1) is 0 Å². The first-order valence-electron chi connectivity index (χ1n) is 10.1. The number of hydrogen-bond donors (Lipinski definition) is 1. The highest BCUT2D eigenvalue weighted by Crippen LogP contribution is 2.26. The predicted octanol–water partition coefficient (Wildman–Crippen LogP) is 4.79. The Morgan fingerprint density at radius 1 is 0.935 bits per heavy atom. The van der Waals surface area contributed by atoms with E-state index in [0.29, 0.717) is 12.2 Å². The minimum Gasteiger partial charge on any atom is -0.494 e. The number of nitrogens with one attached hydrogen (secondary N) is 1. The first kappa shape index (κ1) is 21.8. The monoisotopic (exact) mass is 415 g/mol. The van der Waals surface area contributed by atoms with Gasteiger partial charge in [0, 0.05) is 11.6 Å². The number of ether oxygens (including phenoxy) is 2. The molecule has 3 aromatic rings. The van der Waals surface area contributed by atoms with Gasteiger partial charge in [0.2, 0.25) is 0 Å². The highest BCUT2D eigenvalue weighted by Gasteiger charge is 2.18. The Morgan fingerprint density at radius 2 is 1.68 bits per heavy atom. The lowest BCUT2D eigenvalue weighted by atomic mass is 9.96. The van der Waals surface area contributed by atoms with Crippen LogP contribution in [0.15, 0.2) is 84.9 Å². The molecule has 0 spiro atoms. The van der Waals surface area contributed by atoms with Gasteiger partial charge < -0.3 is 14.8 Å². The summed E-state index contributed by atoms with van der Waals surface area (Å²) >= 11 is 0. The van der Waals surface area contributed by atoms with E-state index in [9.17, 15) is 9.59 Å². The first-order valence-corrected chi connectivity index (χ1v) is 10.1. The van der Waals surface area contributed by atoms with Crippen LogP contribution in [0.5, 0.6) is 5.75 Å². The summed E-state index contributed by atoms with van der Waals surface area (Å²) in [4.78, 5) is 24.3. The third-order valence-corrected chi connectivity index (χ3v) is 4.69. The second-order valence-electron chi connectivity index (χ2n) is 6.80. The van der Waals surface area contributed by atoms with Crippen LogP contribution < -0.4 is 10.1 Å². The van der Waals surface area contributed by atoms with Crippen LogP contribution in [0, 0.1) is 0 Å². The van der Waals surface area contributed by atoms with Crippen molar-refractivity contribution in [3.05, 3.63) is 107 Å². The minimum atomic E-state index is -0.425. The van der Waals surface area contributed by atoms with Crippen molar-refractivity contribution in [1.82, 2.24) is 5.32 Å². The molecule has 0 saturated heterocycles. The lowest BCUT2D eigenvalue weighted by Crippen LogP contribution is -2.29. The highest BCUT2D eigenvalue weighted by molar-refractivity contribution is 5.94. The van der Waals surface area contributed by atoms with E-state index in [1.165, 1.54) is 13.2 Å². The lowest BCUT2D eigenvalue weighted by molar-refractivity contribution is -0.134. The quantitative estimate of drug-likeness (QED) is 0.424. The van der Waals surface area contributed by atoms with Gasteiger partial charge in [0.1, 0.15) is 5.75 Å². The van der Waals surface area contributed by atoms with E-state index in [2.05, 4.69) is 10.1 Å². The van der Waals surface area contributed by atoms with Crippen molar-refractivity contribution in [3.8, 4) is 5.75 Å². The maximum Gasteiger partial charge on any atom is 0.330 e. The zero-order chi connectivity index (χ0) is 22.1. The smallest absolute Gasteiger partial charge is 0.330 e. The Bertz CT molecular complexity index is 1040. The van der Waals surface area contributed by atoms with Crippen LogP contribution >= 0.6 is 0 Å². The molecule has 0 fully saturated rings. The molecule has 3 aromatic carbocycles. The van der Waals surface area contributed by atoms with E-state index in [4.69, 9.17) is 4.74 Å². The zero-order valence-corrected chi connectivity index (χ0v) is 17.6. The summed E-state index contributed by atoms with van der Waals surface area (Å²) in [5.74, 6) is 0.176. The van der Waals surface area contributed by atoms with Gasteiger partial charge in [-0.3, -0.25) is 4.79 Å². The van der Waals surface area contributed by atoms with Crippen molar-refractivity contribution in [2.24, 2.45) is 0 Å².